The Kier molecular flexibility index (Phi) is 4.66. The summed E-state index contributed by atoms with van der Waals surface area (Å²) in [7, 11) is 4.15. The Morgan fingerprint density at radius 2 is 2.08 bits per heavy atom. The van der Waals surface area contributed by atoms with Crippen LogP contribution in [0.2, 0.25) is 0 Å². The van der Waals surface area contributed by atoms with Gasteiger partial charge < -0.3 is 9.64 Å². The molecule has 0 spiro atoms. The number of nitrogens with one attached hydrogen (secondary N) is 1. The molecule has 1 heterocycles. The molecule has 0 aromatic carbocycles. The van der Waals surface area contributed by atoms with Crippen LogP contribution < -0.4 is 11.3 Å². The Morgan fingerprint density at radius 3 is 2.54 bits per heavy atom. The Bertz CT molecular complexity index is 135. The van der Waals surface area contributed by atoms with Gasteiger partial charge in [-0.25, -0.2) is 0 Å². The Labute approximate surface area is 80.4 Å². The molecule has 1 rings (SSSR count). The third-order valence-corrected chi connectivity index (χ3v) is 2.61. The first-order valence-corrected chi connectivity index (χ1v) is 4.92. The van der Waals surface area contributed by atoms with Gasteiger partial charge in [0.05, 0.1) is 0 Å². The van der Waals surface area contributed by atoms with Gasteiger partial charge in [-0.05, 0) is 32.9 Å². The fourth-order valence-corrected chi connectivity index (χ4v) is 1.85. The normalized spacial score (nSPS) is 22.2. The topological polar surface area (TPSA) is 50.5 Å². The molecule has 13 heavy (non-hydrogen) atoms. The molecule has 0 aromatic heterocycles. The maximum absolute atomic E-state index is 5.53. The van der Waals surface area contributed by atoms with Gasteiger partial charge in [0.25, 0.3) is 0 Å². The lowest BCUT2D eigenvalue weighted by atomic mass is 9.92. The highest BCUT2D eigenvalue weighted by Gasteiger charge is 2.23. The second-order valence-corrected chi connectivity index (χ2v) is 3.99. The van der Waals surface area contributed by atoms with Gasteiger partial charge in [-0.1, -0.05) is 0 Å². The Balaban J connectivity index is 2.34. The molecule has 1 aliphatic rings. The fraction of sp³-hybridized carbons (Fsp3) is 1.00. The number of ether oxygens (including phenoxy) is 1. The average Bonchev–Trinajstić information content (AvgIpc) is 2.15. The smallest absolute Gasteiger partial charge is 0.0469 e. The van der Waals surface area contributed by atoms with E-state index in [0.717, 1.165) is 32.6 Å². The summed E-state index contributed by atoms with van der Waals surface area (Å²) < 4.78 is 5.32. The van der Waals surface area contributed by atoms with Gasteiger partial charge in [0.2, 0.25) is 0 Å². The van der Waals surface area contributed by atoms with E-state index >= 15 is 0 Å². The van der Waals surface area contributed by atoms with Crippen LogP contribution in [0.25, 0.3) is 0 Å². The number of likely N-dealkylation sites (N-methyl/N-ethyl adjacent to an activating group) is 1. The largest absolute Gasteiger partial charge is 0.381 e. The molecule has 0 radical (unpaired) electrons. The zero-order valence-electron chi connectivity index (χ0n) is 8.62. The van der Waals surface area contributed by atoms with Crippen LogP contribution in [-0.4, -0.2) is 44.8 Å². The molecule has 4 heteroatoms. The second kappa shape index (κ2) is 5.54. The van der Waals surface area contributed by atoms with E-state index in [1.807, 2.05) is 0 Å². The van der Waals surface area contributed by atoms with Crippen molar-refractivity contribution in [3.05, 3.63) is 0 Å². The van der Waals surface area contributed by atoms with Gasteiger partial charge in [0.1, 0.15) is 0 Å². The molecular formula is C9H21N3O. The molecule has 0 aromatic rings. The molecule has 0 amide bonds. The highest BCUT2D eigenvalue weighted by atomic mass is 16.5. The number of rotatable bonds is 4. The lowest BCUT2D eigenvalue weighted by Gasteiger charge is -2.31. The molecule has 3 N–H and O–H groups in total. The number of hydrazine groups is 1. The van der Waals surface area contributed by atoms with Crippen LogP contribution >= 0.6 is 0 Å². The second-order valence-electron chi connectivity index (χ2n) is 3.99. The van der Waals surface area contributed by atoms with Crippen molar-refractivity contribution in [3.8, 4) is 0 Å². The van der Waals surface area contributed by atoms with Crippen molar-refractivity contribution < 1.29 is 4.74 Å². The monoisotopic (exact) mass is 187 g/mol. The van der Waals surface area contributed by atoms with Crippen molar-refractivity contribution >= 4 is 0 Å². The molecule has 0 aliphatic carbocycles. The average molecular weight is 187 g/mol. The van der Waals surface area contributed by atoms with Gasteiger partial charge in [-0.2, -0.15) is 0 Å². The number of nitrogens with zero attached hydrogens (tertiary/aromatic N) is 1. The van der Waals surface area contributed by atoms with Crippen LogP contribution in [-0.2, 0) is 4.74 Å². The van der Waals surface area contributed by atoms with Crippen LogP contribution in [0.3, 0.4) is 0 Å². The van der Waals surface area contributed by atoms with E-state index in [0.29, 0.717) is 12.0 Å². The SMILES string of the molecule is CN(C)CC(NN)C1CCOCC1. The molecule has 1 saturated heterocycles. The number of hydrogen-bond donors (Lipinski definition) is 2. The minimum absolute atomic E-state index is 0.402. The number of hydrogen-bond acceptors (Lipinski definition) is 4. The van der Waals surface area contributed by atoms with E-state index in [4.69, 9.17) is 10.6 Å². The summed E-state index contributed by atoms with van der Waals surface area (Å²) in [5.41, 5.74) is 2.91. The maximum Gasteiger partial charge on any atom is 0.0469 e. The molecule has 78 valence electrons. The zero-order valence-corrected chi connectivity index (χ0v) is 8.62. The van der Waals surface area contributed by atoms with Crippen LogP contribution in [0.4, 0.5) is 0 Å². The first-order chi connectivity index (χ1) is 6.24. The van der Waals surface area contributed by atoms with Crippen LogP contribution in [0.5, 0.6) is 0 Å². The summed E-state index contributed by atoms with van der Waals surface area (Å²) in [5.74, 6) is 6.20. The van der Waals surface area contributed by atoms with Crippen LogP contribution in [0, 0.1) is 5.92 Å². The van der Waals surface area contributed by atoms with E-state index in [2.05, 4.69) is 24.4 Å². The van der Waals surface area contributed by atoms with Gasteiger partial charge in [-0.15, -0.1) is 0 Å². The quantitative estimate of drug-likeness (QED) is 0.473. The van der Waals surface area contributed by atoms with Crippen molar-refractivity contribution in [1.29, 1.82) is 0 Å². The van der Waals surface area contributed by atoms with E-state index in [-0.39, 0.29) is 0 Å². The van der Waals surface area contributed by atoms with Crippen molar-refractivity contribution in [1.82, 2.24) is 10.3 Å². The van der Waals surface area contributed by atoms with E-state index in [9.17, 15) is 0 Å². The van der Waals surface area contributed by atoms with Crippen molar-refractivity contribution in [2.75, 3.05) is 33.9 Å². The van der Waals surface area contributed by atoms with E-state index < -0.39 is 0 Å². The third-order valence-electron chi connectivity index (χ3n) is 2.61. The van der Waals surface area contributed by atoms with Gasteiger partial charge >= 0.3 is 0 Å². The van der Waals surface area contributed by atoms with Gasteiger partial charge in [-0.3, -0.25) is 11.3 Å². The van der Waals surface area contributed by atoms with Crippen LogP contribution in [0.1, 0.15) is 12.8 Å². The van der Waals surface area contributed by atoms with Crippen molar-refractivity contribution in [2.45, 2.75) is 18.9 Å². The van der Waals surface area contributed by atoms with Crippen molar-refractivity contribution in [2.24, 2.45) is 11.8 Å². The summed E-state index contributed by atoms with van der Waals surface area (Å²) >= 11 is 0. The summed E-state index contributed by atoms with van der Waals surface area (Å²) in [6.45, 7) is 2.77. The highest BCUT2D eigenvalue weighted by Crippen LogP contribution is 2.18. The summed E-state index contributed by atoms with van der Waals surface area (Å²) in [6.07, 6.45) is 2.26. The maximum atomic E-state index is 5.53. The van der Waals surface area contributed by atoms with E-state index in [1.165, 1.54) is 0 Å². The summed E-state index contributed by atoms with van der Waals surface area (Å²) in [5, 5.41) is 0. The Morgan fingerprint density at radius 1 is 1.46 bits per heavy atom. The molecular weight excluding hydrogens is 166 g/mol. The summed E-state index contributed by atoms with van der Waals surface area (Å²) in [4.78, 5) is 2.17. The first kappa shape index (κ1) is 10.9. The predicted octanol–water partition coefficient (Wildman–Crippen LogP) is -0.193. The number of nitrogens with two attached hydrogens (primary N) is 1. The minimum atomic E-state index is 0.402. The predicted molar refractivity (Wildman–Crippen MR) is 53.2 cm³/mol. The lowest BCUT2D eigenvalue weighted by Crippen LogP contribution is -2.48. The molecule has 4 nitrogen and oxygen atoms in total. The lowest BCUT2D eigenvalue weighted by molar-refractivity contribution is 0.0500. The fourth-order valence-electron chi connectivity index (χ4n) is 1.85. The molecule has 1 atom stereocenters. The molecule has 1 unspecified atom stereocenters. The van der Waals surface area contributed by atoms with Crippen molar-refractivity contribution in [3.63, 3.8) is 0 Å². The van der Waals surface area contributed by atoms with Gasteiger partial charge in [0, 0.05) is 25.8 Å². The molecule has 1 aliphatic heterocycles. The third kappa shape index (κ3) is 3.60. The minimum Gasteiger partial charge on any atom is -0.381 e. The molecule has 0 bridgehead atoms. The first-order valence-electron chi connectivity index (χ1n) is 4.92. The Hall–Kier alpha value is -0.160. The summed E-state index contributed by atoms with van der Waals surface area (Å²) in [6, 6.07) is 0.402. The molecule has 1 fully saturated rings. The standard InChI is InChI=1S/C9H21N3O/c1-12(2)7-9(11-10)8-3-5-13-6-4-8/h8-9,11H,3-7,10H2,1-2H3. The molecule has 0 saturated carbocycles. The van der Waals surface area contributed by atoms with Gasteiger partial charge in [0.15, 0.2) is 0 Å². The zero-order chi connectivity index (χ0) is 9.68. The van der Waals surface area contributed by atoms with Crippen LogP contribution in [0.15, 0.2) is 0 Å². The highest BCUT2D eigenvalue weighted by molar-refractivity contribution is 4.78. The van der Waals surface area contributed by atoms with E-state index in [1.54, 1.807) is 0 Å².